The number of amides is 2. The molecule has 0 fully saturated rings. The Bertz CT molecular complexity index is 838. The Morgan fingerprint density at radius 1 is 1.26 bits per heavy atom. The Morgan fingerprint density at radius 3 is 2.70 bits per heavy atom. The molecule has 3 rings (SSSR count). The average molecular weight is 389 g/mol. The number of esters is 1. The van der Waals surface area contributed by atoms with Gasteiger partial charge in [-0.15, -0.1) is 0 Å². The zero-order chi connectivity index (χ0) is 19.4. The molecule has 6 nitrogen and oxygen atoms in total. The van der Waals surface area contributed by atoms with Gasteiger partial charge >= 0.3 is 12.0 Å². The molecule has 2 amide bonds. The summed E-state index contributed by atoms with van der Waals surface area (Å²) in [4.78, 5) is 25.9. The average Bonchev–Trinajstić information content (AvgIpc) is 2.63. The number of urea groups is 1. The Hall–Kier alpha value is -2.73. The smallest absolute Gasteiger partial charge is 0.326 e. The Morgan fingerprint density at radius 2 is 2.00 bits per heavy atom. The highest BCUT2D eigenvalue weighted by Gasteiger charge is 2.28. The van der Waals surface area contributed by atoms with Gasteiger partial charge in [-0.1, -0.05) is 23.7 Å². The van der Waals surface area contributed by atoms with Crippen molar-refractivity contribution in [3.05, 3.63) is 53.1 Å². The minimum absolute atomic E-state index is 0.128. The summed E-state index contributed by atoms with van der Waals surface area (Å²) in [5.74, 6) is 0.350. The molecule has 0 bridgehead atoms. The third kappa shape index (κ3) is 4.71. The van der Waals surface area contributed by atoms with E-state index in [2.05, 4.69) is 5.32 Å². The first-order valence-electron chi connectivity index (χ1n) is 8.75. The van der Waals surface area contributed by atoms with Gasteiger partial charge in [-0.2, -0.15) is 0 Å². The standard InChI is InChI=1S/C20H21ClN2O4/c1-3-26-19(24)10-14-4-7-16(8-5-14)22-20(25)23-12-13(2)27-18-9-6-15(21)11-17(18)23/h4-9,11,13H,3,10,12H2,1-2H3,(H,22,25)/t13-/m0/s1. The normalized spacial score (nSPS) is 15.5. The van der Waals surface area contributed by atoms with Gasteiger partial charge in [0.15, 0.2) is 0 Å². The summed E-state index contributed by atoms with van der Waals surface area (Å²) in [5, 5.41) is 3.41. The lowest BCUT2D eigenvalue weighted by molar-refractivity contribution is -0.142. The van der Waals surface area contributed by atoms with Crippen molar-refractivity contribution in [3.8, 4) is 5.75 Å². The Labute approximate surface area is 163 Å². The number of hydrogen-bond donors (Lipinski definition) is 1. The molecule has 0 unspecified atom stereocenters. The fourth-order valence-electron chi connectivity index (χ4n) is 2.88. The van der Waals surface area contributed by atoms with Gasteiger partial charge in [-0.3, -0.25) is 9.69 Å². The number of nitrogens with zero attached hydrogens (tertiary/aromatic N) is 1. The van der Waals surface area contributed by atoms with Crippen LogP contribution in [0.5, 0.6) is 5.75 Å². The van der Waals surface area contributed by atoms with E-state index in [0.29, 0.717) is 35.3 Å². The number of hydrogen-bond acceptors (Lipinski definition) is 4. The molecule has 7 heteroatoms. The molecule has 142 valence electrons. The maximum atomic E-state index is 12.8. The molecule has 0 saturated heterocycles. The van der Waals surface area contributed by atoms with Crippen LogP contribution in [0.3, 0.4) is 0 Å². The van der Waals surface area contributed by atoms with Crippen molar-refractivity contribution in [1.29, 1.82) is 0 Å². The van der Waals surface area contributed by atoms with E-state index in [4.69, 9.17) is 21.1 Å². The lowest BCUT2D eigenvalue weighted by atomic mass is 10.1. The minimum atomic E-state index is -0.273. The number of fused-ring (bicyclic) bond motifs is 1. The highest BCUT2D eigenvalue weighted by atomic mass is 35.5. The SMILES string of the molecule is CCOC(=O)Cc1ccc(NC(=O)N2C[C@H](C)Oc3ccc(Cl)cc32)cc1. The molecule has 0 spiro atoms. The summed E-state index contributed by atoms with van der Waals surface area (Å²) in [6.07, 6.45) is 0.0749. The summed E-state index contributed by atoms with van der Waals surface area (Å²) in [6, 6.07) is 12.0. The third-order valence-electron chi connectivity index (χ3n) is 4.08. The molecule has 1 heterocycles. The highest BCUT2D eigenvalue weighted by Crippen LogP contribution is 2.36. The maximum absolute atomic E-state index is 12.8. The summed E-state index contributed by atoms with van der Waals surface area (Å²) >= 11 is 6.07. The predicted octanol–water partition coefficient (Wildman–Crippen LogP) is 4.27. The van der Waals surface area contributed by atoms with Gasteiger partial charge in [0.2, 0.25) is 0 Å². The van der Waals surface area contributed by atoms with Crippen LogP contribution in [0.15, 0.2) is 42.5 Å². The van der Waals surface area contributed by atoms with Gasteiger partial charge in [-0.05, 0) is 49.7 Å². The van der Waals surface area contributed by atoms with Gasteiger partial charge < -0.3 is 14.8 Å². The van der Waals surface area contributed by atoms with Crippen molar-refractivity contribution in [2.24, 2.45) is 0 Å². The summed E-state index contributed by atoms with van der Waals surface area (Å²) in [6.45, 7) is 4.45. The van der Waals surface area contributed by atoms with E-state index < -0.39 is 0 Å². The number of ether oxygens (including phenoxy) is 2. The summed E-state index contributed by atoms with van der Waals surface area (Å²) in [5.41, 5.74) is 2.09. The molecule has 2 aromatic rings. The number of nitrogens with one attached hydrogen (secondary N) is 1. The second kappa shape index (κ2) is 8.31. The van der Waals surface area contributed by atoms with Crippen molar-refractivity contribution in [2.75, 3.05) is 23.4 Å². The monoisotopic (exact) mass is 388 g/mol. The fourth-order valence-corrected chi connectivity index (χ4v) is 3.04. The van der Waals surface area contributed by atoms with Gasteiger partial charge in [0.1, 0.15) is 11.9 Å². The number of carbonyl (C=O) groups is 2. The first-order valence-corrected chi connectivity index (χ1v) is 9.13. The first-order chi connectivity index (χ1) is 13.0. The number of carbonyl (C=O) groups excluding carboxylic acids is 2. The third-order valence-corrected chi connectivity index (χ3v) is 4.32. The molecule has 1 N–H and O–H groups in total. The molecule has 1 atom stereocenters. The van der Waals surface area contributed by atoms with E-state index in [-0.39, 0.29) is 24.5 Å². The number of benzene rings is 2. The second-order valence-corrected chi connectivity index (χ2v) is 6.70. The zero-order valence-electron chi connectivity index (χ0n) is 15.2. The molecule has 0 saturated carbocycles. The van der Waals surface area contributed by atoms with E-state index in [1.807, 2.05) is 6.92 Å². The molecule has 1 aliphatic rings. The van der Waals surface area contributed by atoms with E-state index >= 15 is 0 Å². The molecular formula is C20H21ClN2O4. The van der Waals surface area contributed by atoms with Crippen LogP contribution in [0.2, 0.25) is 5.02 Å². The summed E-state index contributed by atoms with van der Waals surface area (Å²) in [7, 11) is 0. The molecular weight excluding hydrogens is 368 g/mol. The van der Waals surface area contributed by atoms with E-state index in [1.165, 1.54) is 0 Å². The van der Waals surface area contributed by atoms with E-state index in [1.54, 1.807) is 54.3 Å². The Kier molecular flexibility index (Phi) is 5.86. The number of halogens is 1. The second-order valence-electron chi connectivity index (χ2n) is 6.26. The van der Waals surface area contributed by atoms with E-state index in [0.717, 1.165) is 5.56 Å². The van der Waals surface area contributed by atoms with Gasteiger partial charge in [0.25, 0.3) is 0 Å². The van der Waals surface area contributed by atoms with Crippen LogP contribution >= 0.6 is 11.6 Å². The highest BCUT2D eigenvalue weighted by molar-refractivity contribution is 6.31. The lowest BCUT2D eigenvalue weighted by Crippen LogP contribution is -2.44. The van der Waals surface area contributed by atoms with Crippen molar-refractivity contribution >= 4 is 35.0 Å². The van der Waals surface area contributed by atoms with E-state index in [9.17, 15) is 9.59 Å². The lowest BCUT2D eigenvalue weighted by Gasteiger charge is -2.33. The molecule has 0 radical (unpaired) electrons. The molecule has 1 aliphatic heterocycles. The van der Waals surface area contributed by atoms with Gasteiger partial charge in [0, 0.05) is 10.7 Å². The maximum Gasteiger partial charge on any atom is 0.326 e. The topological polar surface area (TPSA) is 67.9 Å². The number of anilines is 2. The van der Waals surface area contributed by atoms with Crippen molar-refractivity contribution in [1.82, 2.24) is 0 Å². The largest absolute Gasteiger partial charge is 0.487 e. The molecule has 0 aromatic heterocycles. The quantitative estimate of drug-likeness (QED) is 0.794. The first kappa shape index (κ1) is 19.0. The van der Waals surface area contributed by atoms with Crippen LogP contribution in [-0.2, 0) is 16.0 Å². The molecule has 2 aromatic carbocycles. The molecule has 0 aliphatic carbocycles. The van der Waals surface area contributed by atoms with Gasteiger partial charge in [0.05, 0.1) is 25.3 Å². The Balaban J connectivity index is 1.70. The zero-order valence-corrected chi connectivity index (χ0v) is 16.0. The van der Waals surface area contributed by atoms with Crippen LogP contribution in [0.25, 0.3) is 0 Å². The number of rotatable bonds is 4. The van der Waals surface area contributed by atoms with Crippen molar-refractivity contribution in [3.63, 3.8) is 0 Å². The van der Waals surface area contributed by atoms with Crippen LogP contribution in [0.4, 0.5) is 16.2 Å². The van der Waals surface area contributed by atoms with Crippen LogP contribution in [0, 0.1) is 0 Å². The minimum Gasteiger partial charge on any atom is -0.487 e. The fraction of sp³-hybridized carbons (Fsp3) is 0.300. The van der Waals surface area contributed by atoms with Crippen LogP contribution in [-0.4, -0.2) is 31.3 Å². The van der Waals surface area contributed by atoms with Gasteiger partial charge in [-0.25, -0.2) is 4.79 Å². The summed E-state index contributed by atoms with van der Waals surface area (Å²) < 4.78 is 10.7. The predicted molar refractivity (Wildman–Crippen MR) is 105 cm³/mol. The van der Waals surface area contributed by atoms with Crippen LogP contribution < -0.4 is 15.0 Å². The van der Waals surface area contributed by atoms with Crippen molar-refractivity contribution in [2.45, 2.75) is 26.4 Å². The van der Waals surface area contributed by atoms with Crippen molar-refractivity contribution < 1.29 is 19.1 Å². The van der Waals surface area contributed by atoms with Crippen LogP contribution in [0.1, 0.15) is 19.4 Å². The molecule has 27 heavy (non-hydrogen) atoms.